The summed E-state index contributed by atoms with van der Waals surface area (Å²) in [6.45, 7) is 5.36. The fourth-order valence-electron chi connectivity index (χ4n) is 2.60. The third-order valence-corrected chi connectivity index (χ3v) is 4.08. The Bertz CT molecular complexity index is 845. The molecule has 31 heavy (non-hydrogen) atoms. The molecule has 7 nitrogen and oxygen atoms in total. The van der Waals surface area contributed by atoms with E-state index < -0.39 is 29.7 Å². The second kappa shape index (κ2) is 11.7. The van der Waals surface area contributed by atoms with Gasteiger partial charge in [0.1, 0.15) is 24.9 Å². The second-order valence-corrected chi connectivity index (χ2v) is 7.98. The number of carbonyl (C=O) groups is 3. The van der Waals surface area contributed by atoms with E-state index in [1.165, 1.54) is 0 Å². The average Bonchev–Trinajstić information content (AvgIpc) is 2.73. The molecule has 0 bridgehead atoms. The summed E-state index contributed by atoms with van der Waals surface area (Å²) < 4.78 is 15.8. The lowest BCUT2D eigenvalue weighted by molar-refractivity contribution is -0.149. The predicted molar refractivity (Wildman–Crippen MR) is 115 cm³/mol. The first-order valence-electron chi connectivity index (χ1n) is 10.1. The van der Waals surface area contributed by atoms with Crippen molar-refractivity contribution >= 4 is 18.0 Å². The summed E-state index contributed by atoms with van der Waals surface area (Å²) in [5.74, 6) is -1.12. The third kappa shape index (κ3) is 9.80. The summed E-state index contributed by atoms with van der Waals surface area (Å²) >= 11 is 0. The highest BCUT2D eigenvalue weighted by Crippen LogP contribution is 2.10. The SMILES string of the molecule is CC(C)(C)OC(=O)N[C@@H](CCC(=O)OCc1ccccc1)C(=O)OCc1ccccc1. The van der Waals surface area contributed by atoms with Crippen molar-refractivity contribution in [3.8, 4) is 0 Å². The van der Waals surface area contributed by atoms with Gasteiger partial charge in [-0.2, -0.15) is 0 Å². The van der Waals surface area contributed by atoms with Gasteiger partial charge in [0.05, 0.1) is 0 Å². The van der Waals surface area contributed by atoms with Gasteiger partial charge in [-0.1, -0.05) is 60.7 Å². The zero-order chi connectivity index (χ0) is 22.7. The molecule has 0 saturated heterocycles. The summed E-state index contributed by atoms with van der Waals surface area (Å²) in [6.07, 6.45) is -0.791. The highest BCUT2D eigenvalue weighted by atomic mass is 16.6. The molecule has 0 fully saturated rings. The summed E-state index contributed by atoms with van der Waals surface area (Å²) in [5, 5.41) is 2.50. The summed E-state index contributed by atoms with van der Waals surface area (Å²) in [7, 11) is 0. The molecule has 0 unspecified atom stereocenters. The highest BCUT2D eigenvalue weighted by Gasteiger charge is 2.26. The van der Waals surface area contributed by atoms with Crippen molar-refractivity contribution in [2.45, 2.75) is 58.5 Å². The lowest BCUT2D eigenvalue weighted by atomic mass is 10.1. The maximum Gasteiger partial charge on any atom is 0.408 e. The van der Waals surface area contributed by atoms with E-state index in [0.717, 1.165) is 11.1 Å². The monoisotopic (exact) mass is 427 g/mol. The Labute approximate surface area is 182 Å². The third-order valence-electron chi connectivity index (χ3n) is 4.08. The Morgan fingerprint density at radius 1 is 0.839 bits per heavy atom. The van der Waals surface area contributed by atoms with E-state index in [4.69, 9.17) is 14.2 Å². The fraction of sp³-hybridized carbons (Fsp3) is 0.375. The minimum Gasteiger partial charge on any atom is -0.461 e. The Morgan fingerprint density at radius 3 is 1.87 bits per heavy atom. The maximum atomic E-state index is 12.6. The van der Waals surface area contributed by atoms with E-state index in [1.807, 2.05) is 60.7 Å². The van der Waals surface area contributed by atoms with E-state index in [2.05, 4.69) is 5.32 Å². The Morgan fingerprint density at radius 2 is 1.35 bits per heavy atom. The Balaban J connectivity index is 1.91. The van der Waals surface area contributed by atoms with Crippen LogP contribution in [-0.2, 0) is 37.0 Å². The van der Waals surface area contributed by atoms with Gasteiger partial charge in [0.15, 0.2) is 0 Å². The smallest absolute Gasteiger partial charge is 0.408 e. The number of esters is 2. The topological polar surface area (TPSA) is 90.9 Å². The van der Waals surface area contributed by atoms with Gasteiger partial charge < -0.3 is 19.5 Å². The molecule has 1 amide bonds. The summed E-state index contributed by atoms with van der Waals surface area (Å²) in [5.41, 5.74) is 0.952. The predicted octanol–water partition coefficient (Wildman–Crippen LogP) is 4.15. The van der Waals surface area contributed by atoms with Gasteiger partial charge in [-0.15, -0.1) is 0 Å². The number of rotatable bonds is 9. The van der Waals surface area contributed by atoms with Crippen LogP contribution in [0.25, 0.3) is 0 Å². The van der Waals surface area contributed by atoms with Crippen molar-refractivity contribution in [2.24, 2.45) is 0 Å². The number of amides is 1. The van der Waals surface area contributed by atoms with Crippen LogP contribution in [0.5, 0.6) is 0 Å². The molecule has 0 aliphatic carbocycles. The molecule has 7 heteroatoms. The number of hydrogen-bond acceptors (Lipinski definition) is 6. The van der Waals surface area contributed by atoms with Gasteiger partial charge in [-0.25, -0.2) is 9.59 Å². The molecule has 0 radical (unpaired) electrons. The first kappa shape index (κ1) is 23.9. The van der Waals surface area contributed by atoms with Crippen LogP contribution in [0.15, 0.2) is 60.7 Å². The molecule has 2 rings (SSSR count). The molecule has 2 aromatic carbocycles. The molecular formula is C24H29NO6. The van der Waals surface area contributed by atoms with Crippen LogP contribution >= 0.6 is 0 Å². The highest BCUT2D eigenvalue weighted by molar-refractivity contribution is 5.82. The second-order valence-electron chi connectivity index (χ2n) is 7.98. The molecule has 0 saturated carbocycles. The lowest BCUT2D eigenvalue weighted by Crippen LogP contribution is -2.44. The largest absolute Gasteiger partial charge is 0.461 e. The van der Waals surface area contributed by atoms with Crippen molar-refractivity contribution in [1.82, 2.24) is 5.32 Å². The van der Waals surface area contributed by atoms with Crippen molar-refractivity contribution in [3.63, 3.8) is 0 Å². The van der Waals surface area contributed by atoms with Crippen LogP contribution in [0.4, 0.5) is 4.79 Å². The minimum absolute atomic E-state index is 0.0283. The molecule has 0 aliphatic rings. The molecule has 0 heterocycles. The number of hydrogen-bond donors (Lipinski definition) is 1. The van der Waals surface area contributed by atoms with Crippen LogP contribution in [-0.4, -0.2) is 29.7 Å². The number of alkyl carbamates (subject to hydrolysis) is 1. The van der Waals surface area contributed by atoms with Crippen LogP contribution in [0.2, 0.25) is 0 Å². The zero-order valence-corrected chi connectivity index (χ0v) is 18.1. The summed E-state index contributed by atoms with van der Waals surface area (Å²) in [4.78, 5) is 36.8. The van der Waals surface area contributed by atoms with Crippen molar-refractivity contribution in [2.75, 3.05) is 0 Å². The number of nitrogens with one attached hydrogen (secondary N) is 1. The molecule has 0 aliphatic heterocycles. The van der Waals surface area contributed by atoms with E-state index in [9.17, 15) is 14.4 Å². The number of ether oxygens (including phenoxy) is 3. The molecule has 1 N–H and O–H groups in total. The first-order chi connectivity index (χ1) is 14.7. The van der Waals surface area contributed by atoms with Gasteiger partial charge in [0.2, 0.25) is 0 Å². The van der Waals surface area contributed by atoms with Crippen molar-refractivity contribution in [1.29, 1.82) is 0 Å². The van der Waals surface area contributed by atoms with E-state index in [0.29, 0.717) is 0 Å². The van der Waals surface area contributed by atoms with E-state index in [-0.39, 0.29) is 26.1 Å². The van der Waals surface area contributed by atoms with E-state index >= 15 is 0 Å². The van der Waals surface area contributed by atoms with E-state index in [1.54, 1.807) is 20.8 Å². The summed E-state index contributed by atoms with van der Waals surface area (Å²) in [6, 6.07) is 17.4. The van der Waals surface area contributed by atoms with Crippen molar-refractivity contribution < 1.29 is 28.6 Å². The first-order valence-corrected chi connectivity index (χ1v) is 10.1. The van der Waals surface area contributed by atoms with Crippen LogP contribution < -0.4 is 5.32 Å². The molecule has 166 valence electrons. The normalized spacial score (nSPS) is 11.8. The van der Waals surface area contributed by atoms with Gasteiger partial charge in [0, 0.05) is 6.42 Å². The quantitative estimate of drug-likeness (QED) is 0.478. The number of benzene rings is 2. The maximum absolute atomic E-state index is 12.6. The molecule has 2 aromatic rings. The molecule has 1 atom stereocenters. The van der Waals surface area contributed by atoms with Crippen LogP contribution in [0.1, 0.15) is 44.7 Å². The van der Waals surface area contributed by atoms with Gasteiger partial charge >= 0.3 is 18.0 Å². The minimum atomic E-state index is -1.04. The average molecular weight is 427 g/mol. The van der Waals surface area contributed by atoms with Gasteiger partial charge in [-0.3, -0.25) is 4.79 Å². The number of carbonyl (C=O) groups excluding carboxylic acids is 3. The van der Waals surface area contributed by atoms with Crippen LogP contribution in [0, 0.1) is 0 Å². The molecule has 0 spiro atoms. The lowest BCUT2D eigenvalue weighted by Gasteiger charge is -2.23. The van der Waals surface area contributed by atoms with Crippen molar-refractivity contribution in [3.05, 3.63) is 71.8 Å². The van der Waals surface area contributed by atoms with Crippen LogP contribution in [0.3, 0.4) is 0 Å². The standard InChI is InChI=1S/C24H29NO6/c1-24(2,3)31-23(28)25-20(22(27)30-17-19-12-8-5-9-13-19)14-15-21(26)29-16-18-10-6-4-7-11-18/h4-13,20H,14-17H2,1-3H3,(H,25,28)/t20-/m0/s1. The van der Waals surface area contributed by atoms with Gasteiger partial charge in [-0.05, 0) is 38.3 Å². The Hall–Kier alpha value is -3.35. The van der Waals surface area contributed by atoms with Gasteiger partial charge in [0.25, 0.3) is 0 Å². The molecular weight excluding hydrogens is 398 g/mol. The molecule has 0 aromatic heterocycles. The Kier molecular flexibility index (Phi) is 9.06. The fourth-order valence-corrected chi connectivity index (χ4v) is 2.60. The zero-order valence-electron chi connectivity index (χ0n) is 18.1.